The van der Waals surface area contributed by atoms with Gasteiger partial charge in [0, 0.05) is 11.3 Å². The average molecular weight is 432 g/mol. The van der Waals surface area contributed by atoms with E-state index in [1.165, 1.54) is 58.5 Å². The third kappa shape index (κ3) is 6.00. The molecule has 0 spiro atoms. The van der Waals surface area contributed by atoms with Gasteiger partial charge in [-0.05, 0) is 61.4 Å². The molecular weight excluding hydrogens is 413 g/mol. The van der Waals surface area contributed by atoms with Crippen LogP contribution in [0.5, 0.6) is 0 Å². The lowest BCUT2D eigenvalue weighted by Gasteiger charge is -2.06. The molecule has 0 unspecified atom stereocenters. The van der Waals surface area contributed by atoms with Crippen molar-refractivity contribution in [3.63, 3.8) is 0 Å². The van der Waals surface area contributed by atoms with E-state index in [0.29, 0.717) is 9.47 Å². The maximum atomic E-state index is 12.9. The molecule has 0 radical (unpaired) electrons. The average Bonchev–Trinajstić information content (AvgIpc) is 3.15. The first-order valence-electron chi connectivity index (χ1n) is 8.56. The molecule has 1 heterocycles. The third-order valence-electron chi connectivity index (χ3n) is 3.91. The van der Waals surface area contributed by atoms with Crippen LogP contribution in [0.25, 0.3) is 0 Å². The minimum Gasteiger partial charge on any atom is -0.330 e. The normalized spacial score (nSPS) is 10.4. The van der Waals surface area contributed by atoms with Gasteiger partial charge in [-0.1, -0.05) is 29.2 Å². The zero-order valence-corrected chi connectivity index (χ0v) is 17.3. The Kier molecular flexibility index (Phi) is 6.78. The van der Waals surface area contributed by atoms with Crippen LogP contribution in [0.15, 0.2) is 46.8 Å². The van der Waals surface area contributed by atoms with Gasteiger partial charge in [-0.3, -0.25) is 20.4 Å². The summed E-state index contributed by atoms with van der Waals surface area (Å²) in [6.45, 7) is 4.08. The molecule has 0 saturated carbocycles. The molecule has 7 nitrogen and oxygen atoms in total. The van der Waals surface area contributed by atoms with Gasteiger partial charge in [0.25, 0.3) is 5.91 Å². The number of hydrogen-bond acceptors (Lipinski definition) is 7. The van der Waals surface area contributed by atoms with Crippen LogP contribution in [0.2, 0.25) is 0 Å². The molecule has 3 rings (SSSR count). The van der Waals surface area contributed by atoms with Gasteiger partial charge in [-0.15, -0.1) is 10.2 Å². The number of hydrazine groups is 1. The van der Waals surface area contributed by atoms with Gasteiger partial charge in [0.05, 0.1) is 5.75 Å². The molecule has 0 bridgehead atoms. The summed E-state index contributed by atoms with van der Waals surface area (Å²) >= 11 is 2.54. The second-order valence-corrected chi connectivity index (χ2v) is 8.30. The van der Waals surface area contributed by atoms with Crippen LogP contribution in [0.4, 0.5) is 15.2 Å². The Bertz CT molecular complexity index is 1020. The second-order valence-electron chi connectivity index (χ2n) is 6.10. The van der Waals surface area contributed by atoms with Crippen molar-refractivity contribution in [1.82, 2.24) is 21.0 Å². The number of aryl methyl sites for hydroxylation is 2. The van der Waals surface area contributed by atoms with Crippen LogP contribution < -0.4 is 16.2 Å². The van der Waals surface area contributed by atoms with Crippen LogP contribution in [0.1, 0.15) is 21.5 Å². The van der Waals surface area contributed by atoms with Gasteiger partial charge in [0.15, 0.2) is 4.34 Å². The Labute approximate surface area is 175 Å². The summed E-state index contributed by atoms with van der Waals surface area (Å²) in [6.07, 6.45) is 0. The third-order valence-corrected chi connectivity index (χ3v) is 5.89. The van der Waals surface area contributed by atoms with Crippen LogP contribution in [-0.4, -0.2) is 27.8 Å². The molecule has 0 aliphatic carbocycles. The minimum atomic E-state index is -0.529. The van der Waals surface area contributed by atoms with E-state index < -0.39 is 17.6 Å². The van der Waals surface area contributed by atoms with E-state index in [4.69, 9.17) is 0 Å². The Morgan fingerprint density at radius 1 is 1.03 bits per heavy atom. The highest BCUT2D eigenvalue weighted by Gasteiger charge is 2.11. The van der Waals surface area contributed by atoms with Crippen molar-refractivity contribution in [3.8, 4) is 0 Å². The molecule has 0 aliphatic rings. The number of nitrogens with one attached hydrogen (secondary N) is 3. The molecule has 150 valence electrons. The molecule has 0 atom stereocenters. The Hall–Kier alpha value is -2.98. The van der Waals surface area contributed by atoms with E-state index in [0.717, 1.165) is 5.69 Å². The lowest BCUT2D eigenvalue weighted by atomic mass is 10.1. The van der Waals surface area contributed by atoms with Gasteiger partial charge in [-0.25, -0.2) is 4.39 Å². The zero-order chi connectivity index (χ0) is 20.8. The van der Waals surface area contributed by atoms with E-state index in [2.05, 4.69) is 26.4 Å². The van der Waals surface area contributed by atoms with Crippen LogP contribution in [-0.2, 0) is 4.79 Å². The molecule has 2 aromatic carbocycles. The van der Waals surface area contributed by atoms with E-state index in [-0.39, 0.29) is 11.3 Å². The number of rotatable bonds is 6. The highest BCUT2D eigenvalue weighted by atomic mass is 32.2. The van der Waals surface area contributed by atoms with Gasteiger partial charge in [0.1, 0.15) is 5.82 Å². The number of anilines is 2. The van der Waals surface area contributed by atoms with Crippen molar-refractivity contribution >= 4 is 45.7 Å². The van der Waals surface area contributed by atoms with Crippen molar-refractivity contribution < 1.29 is 14.0 Å². The van der Waals surface area contributed by atoms with Crippen LogP contribution in [0.3, 0.4) is 0 Å². The summed E-state index contributed by atoms with van der Waals surface area (Å²) in [5, 5.41) is 11.9. The lowest BCUT2D eigenvalue weighted by molar-refractivity contribution is -0.119. The first-order chi connectivity index (χ1) is 13.9. The first-order valence-corrected chi connectivity index (χ1v) is 10.4. The largest absolute Gasteiger partial charge is 0.330 e. The summed E-state index contributed by atoms with van der Waals surface area (Å²) in [5.74, 6) is -1.31. The van der Waals surface area contributed by atoms with Gasteiger partial charge >= 0.3 is 0 Å². The second kappa shape index (κ2) is 9.48. The number of carbonyl (C=O) groups excluding carboxylic acids is 2. The summed E-state index contributed by atoms with van der Waals surface area (Å²) in [6, 6.07) is 11.0. The fourth-order valence-corrected chi connectivity index (χ4v) is 3.80. The van der Waals surface area contributed by atoms with Gasteiger partial charge in [-0.2, -0.15) is 0 Å². The molecule has 1 aromatic heterocycles. The quantitative estimate of drug-likeness (QED) is 0.408. The van der Waals surface area contributed by atoms with Gasteiger partial charge < -0.3 is 5.32 Å². The molecule has 0 aliphatic heterocycles. The number of carbonyl (C=O) groups is 2. The number of amides is 2. The number of nitrogens with zero attached hydrogens (tertiary/aromatic N) is 2. The highest BCUT2D eigenvalue weighted by molar-refractivity contribution is 8.01. The molecular formula is C19H18FN5O2S2. The van der Waals surface area contributed by atoms with Gasteiger partial charge in [0.2, 0.25) is 11.0 Å². The van der Waals surface area contributed by atoms with Crippen LogP contribution >= 0.6 is 23.1 Å². The predicted molar refractivity (Wildman–Crippen MR) is 112 cm³/mol. The summed E-state index contributed by atoms with van der Waals surface area (Å²) in [5.41, 5.74) is 8.14. The Balaban J connectivity index is 1.45. The van der Waals surface area contributed by atoms with Crippen molar-refractivity contribution in [2.24, 2.45) is 0 Å². The monoisotopic (exact) mass is 431 g/mol. The van der Waals surface area contributed by atoms with E-state index in [1.807, 2.05) is 32.0 Å². The smallest absolute Gasteiger partial charge is 0.269 e. The summed E-state index contributed by atoms with van der Waals surface area (Å²) in [7, 11) is 0. The fourth-order valence-electron chi connectivity index (χ4n) is 2.22. The molecule has 3 aromatic rings. The summed E-state index contributed by atoms with van der Waals surface area (Å²) < 4.78 is 13.5. The highest BCUT2D eigenvalue weighted by Crippen LogP contribution is 2.28. The number of hydrogen-bond donors (Lipinski definition) is 3. The van der Waals surface area contributed by atoms with E-state index in [1.54, 1.807) is 0 Å². The minimum absolute atomic E-state index is 0.0575. The van der Waals surface area contributed by atoms with Crippen molar-refractivity contribution in [2.75, 3.05) is 11.1 Å². The number of thioether (sulfide) groups is 1. The van der Waals surface area contributed by atoms with Crippen molar-refractivity contribution in [1.29, 1.82) is 0 Å². The number of benzene rings is 2. The Morgan fingerprint density at radius 3 is 2.52 bits per heavy atom. The van der Waals surface area contributed by atoms with Crippen molar-refractivity contribution in [2.45, 2.75) is 18.2 Å². The maximum Gasteiger partial charge on any atom is 0.269 e. The molecule has 2 amide bonds. The predicted octanol–water partition coefficient (Wildman–Crippen LogP) is 3.59. The molecule has 29 heavy (non-hydrogen) atoms. The Morgan fingerprint density at radius 2 is 1.79 bits per heavy atom. The number of halogens is 1. The molecule has 3 N–H and O–H groups in total. The maximum absolute atomic E-state index is 12.9. The fraction of sp³-hybridized carbons (Fsp3) is 0.158. The van der Waals surface area contributed by atoms with Crippen LogP contribution in [0, 0.1) is 19.7 Å². The molecule has 10 heteroatoms. The topological polar surface area (TPSA) is 96.0 Å². The first kappa shape index (κ1) is 20.7. The SMILES string of the molecule is Cc1ccc(Nc2nnc(SCC(=O)NNC(=O)c3ccc(F)cc3)s2)cc1C. The van der Waals surface area contributed by atoms with E-state index >= 15 is 0 Å². The molecule has 0 fully saturated rings. The van der Waals surface area contributed by atoms with Crippen molar-refractivity contribution in [3.05, 3.63) is 65.0 Å². The summed E-state index contributed by atoms with van der Waals surface area (Å²) in [4.78, 5) is 23.8. The number of aromatic nitrogens is 2. The lowest BCUT2D eigenvalue weighted by Crippen LogP contribution is -2.42. The van der Waals surface area contributed by atoms with E-state index in [9.17, 15) is 14.0 Å². The zero-order valence-electron chi connectivity index (χ0n) is 15.7. The molecule has 0 saturated heterocycles. The standard InChI is InChI=1S/C19H18FN5O2S2/c1-11-3-8-15(9-12(11)2)21-18-24-25-19(29-18)28-10-16(26)22-23-17(27)13-4-6-14(20)7-5-13/h3-9H,10H2,1-2H3,(H,21,24)(H,22,26)(H,23,27).